The van der Waals surface area contributed by atoms with Gasteiger partial charge in [0, 0.05) is 19.3 Å². The predicted molar refractivity (Wildman–Crippen MR) is 103 cm³/mol. The van der Waals surface area contributed by atoms with E-state index in [0.29, 0.717) is 17.9 Å². The zero-order valence-electron chi connectivity index (χ0n) is 13.5. The molecule has 1 saturated heterocycles. The molecule has 1 aliphatic heterocycles. The van der Waals surface area contributed by atoms with Crippen molar-refractivity contribution in [2.45, 2.75) is 45.2 Å². The molecule has 0 aliphatic carbocycles. The van der Waals surface area contributed by atoms with Gasteiger partial charge in [-0.3, -0.25) is 0 Å². The van der Waals surface area contributed by atoms with Crippen LogP contribution in [-0.2, 0) is 4.74 Å². The Balaban J connectivity index is 0.00000242. The van der Waals surface area contributed by atoms with Gasteiger partial charge in [-0.25, -0.2) is 4.99 Å². The summed E-state index contributed by atoms with van der Waals surface area (Å²) < 4.78 is 5.45. The summed E-state index contributed by atoms with van der Waals surface area (Å²) in [5.74, 6) is 1.20. The van der Waals surface area contributed by atoms with E-state index in [1.807, 2.05) is 6.07 Å². The summed E-state index contributed by atoms with van der Waals surface area (Å²) in [5.41, 5.74) is 7.27. The molecule has 0 spiro atoms. The molecule has 1 aromatic rings. The molecule has 0 amide bonds. The zero-order valence-corrected chi connectivity index (χ0v) is 15.8. The van der Waals surface area contributed by atoms with Crippen LogP contribution in [0, 0.1) is 5.92 Å². The van der Waals surface area contributed by atoms with E-state index in [1.54, 1.807) is 0 Å². The Hall–Kier alpha value is -0.820. The second kappa shape index (κ2) is 10.0. The van der Waals surface area contributed by atoms with Crippen molar-refractivity contribution in [2.24, 2.45) is 16.6 Å². The lowest BCUT2D eigenvalue weighted by Crippen LogP contribution is -2.37. The van der Waals surface area contributed by atoms with E-state index >= 15 is 0 Å². The number of ether oxygens (including phenoxy) is 1. The van der Waals surface area contributed by atoms with Crippen LogP contribution in [0.25, 0.3) is 0 Å². The number of rotatable bonds is 5. The third-order valence-corrected chi connectivity index (χ3v) is 3.81. The molecular weight excluding hydrogens is 389 g/mol. The third kappa shape index (κ3) is 6.52. The maximum absolute atomic E-state index is 6.03. The van der Waals surface area contributed by atoms with Crippen molar-refractivity contribution in [1.29, 1.82) is 0 Å². The van der Waals surface area contributed by atoms with Gasteiger partial charge < -0.3 is 15.8 Å². The van der Waals surface area contributed by atoms with Crippen molar-refractivity contribution in [3.63, 3.8) is 0 Å². The molecule has 3 N–H and O–H groups in total. The average molecular weight is 417 g/mol. The van der Waals surface area contributed by atoms with Crippen LogP contribution in [0.1, 0.15) is 44.7 Å². The second-order valence-corrected chi connectivity index (χ2v) is 6.03. The second-order valence-electron chi connectivity index (χ2n) is 6.03. The molecule has 0 aromatic heterocycles. The molecule has 124 valence electrons. The Morgan fingerprint density at radius 3 is 2.50 bits per heavy atom. The molecule has 1 atom stereocenters. The van der Waals surface area contributed by atoms with Crippen LogP contribution in [0.2, 0.25) is 0 Å². The van der Waals surface area contributed by atoms with Crippen molar-refractivity contribution in [3.05, 3.63) is 35.9 Å². The fourth-order valence-corrected chi connectivity index (χ4v) is 2.74. The average Bonchev–Trinajstić information content (AvgIpc) is 2.48. The van der Waals surface area contributed by atoms with Crippen LogP contribution in [0.4, 0.5) is 0 Å². The van der Waals surface area contributed by atoms with Crippen molar-refractivity contribution in [1.82, 2.24) is 5.32 Å². The molecular formula is C17H28IN3O. The van der Waals surface area contributed by atoms with Crippen LogP contribution in [0.15, 0.2) is 35.3 Å². The smallest absolute Gasteiger partial charge is 0.189 e. The largest absolute Gasteiger partial charge is 0.381 e. The Morgan fingerprint density at radius 2 is 1.91 bits per heavy atom. The first-order chi connectivity index (χ1) is 10.1. The zero-order chi connectivity index (χ0) is 15.1. The highest BCUT2D eigenvalue weighted by molar-refractivity contribution is 14.0. The molecule has 0 radical (unpaired) electrons. The monoisotopic (exact) mass is 417 g/mol. The van der Waals surface area contributed by atoms with Gasteiger partial charge in [0.1, 0.15) is 0 Å². The highest BCUT2D eigenvalue weighted by Crippen LogP contribution is 2.30. The minimum absolute atomic E-state index is 0. The summed E-state index contributed by atoms with van der Waals surface area (Å²) in [6.07, 6.45) is 3.28. The molecule has 1 heterocycles. The summed E-state index contributed by atoms with van der Waals surface area (Å²) in [4.78, 5) is 4.72. The number of hydrogen-bond acceptors (Lipinski definition) is 2. The highest BCUT2D eigenvalue weighted by Gasteiger charge is 2.20. The van der Waals surface area contributed by atoms with E-state index in [9.17, 15) is 0 Å². The Labute approximate surface area is 150 Å². The topological polar surface area (TPSA) is 59.6 Å². The number of nitrogens with one attached hydrogen (secondary N) is 1. The number of aliphatic imine (C=N–C) groups is 1. The van der Waals surface area contributed by atoms with Gasteiger partial charge in [-0.15, -0.1) is 24.0 Å². The van der Waals surface area contributed by atoms with Gasteiger partial charge in [0.15, 0.2) is 5.96 Å². The number of halogens is 1. The first-order valence-electron chi connectivity index (χ1n) is 7.87. The first kappa shape index (κ1) is 19.2. The van der Waals surface area contributed by atoms with Crippen molar-refractivity contribution >= 4 is 29.9 Å². The van der Waals surface area contributed by atoms with Gasteiger partial charge in [-0.05, 0) is 44.6 Å². The molecule has 4 nitrogen and oxygen atoms in total. The van der Waals surface area contributed by atoms with Gasteiger partial charge in [-0.2, -0.15) is 0 Å². The quantitative estimate of drug-likeness (QED) is 0.438. The molecule has 1 aromatic carbocycles. The Bertz CT molecular complexity index is 444. The lowest BCUT2D eigenvalue weighted by Gasteiger charge is -2.25. The van der Waals surface area contributed by atoms with Gasteiger partial charge >= 0.3 is 0 Å². The molecule has 22 heavy (non-hydrogen) atoms. The third-order valence-electron chi connectivity index (χ3n) is 3.81. The fourth-order valence-electron chi connectivity index (χ4n) is 2.74. The Kier molecular flexibility index (Phi) is 8.78. The molecule has 1 unspecified atom stereocenters. The van der Waals surface area contributed by atoms with E-state index < -0.39 is 0 Å². The summed E-state index contributed by atoms with van der Waals surface area (Å²) in [7, 11) is 0. The summed E-state index contributed by atoms with van der Waals surface area (Å²) in [6.45, 7) is 5.88. The van der Waals surface area contributed by atoms with Crippen molar-refractivity contribution in [2.75, 3.05) is 13.2 Å². The lowest BCUT2D eigenvalue weighted by atomic mass is 9.90. The number of hydrogen-bond donors (Lipinski definition) is 2. The number of guanidine groups is 1. The first-order valence-corrected chi connectivity index (χ1v) is 7.87. The maximum Gasteiger partial charge on any atom is 0.189 e. The van der Waals surface area contributed by atoms with Gasteiger partial charge in [0.2, 0.25) is 0 Å². The van der Waals surface area contributed by atoms with E-state index in [0.717, 1.165) is 32.5 Å². The number of nitrogens with two attached hydrogens (primary N) is 1. The summed E-state index contributed by atoms with van der Waals surface area (Å²) >= 11 is 0. The normalized spacial score (nSPS) is 17.9. The molecule has 0 bridgehead atoms. The van der Waals surface area contributed by atoms with Crippen LogP contribution >= 0.6 is 24.0 Å². The standard InChI is InChI=1S/C17H27N3O.HI/c1-13(2)19-17(18)20-16(15-6-4-3-5-7-15)12-14-8-10-21-11-9-14;/h3-7,13-14,16H,8-12H2,1-2H3,(H3,18,19,20);1H. The molecule has 0 saturated carbocycles. The predicted octanol–water partition coefficient (Wildman–Crippen LogP) is 3.48. The van der Waals surface area contributed by atoms with E-state index in [1.165, 1.54) is 5.56 Å². The van der Waals surface area contributed by atoms with E-state index in [2.05, 4.69) is 43.4 Å². The molecule has 1 aliphatic rings. The summed E-state index contributed by atoms with van der Waals surface area (Å²) in [5, 5.41) is 3.18. The van der Waals surface area contributed by atoms with Gasteiger partial charge in [0.25, 0.3) is 0 Å². The number of benzene rings is 1. The molecule has 2 rings (SSSR count). The summed E-state index contributed by atoms with van der Waals surface area (Å²) in [6, 6.07) is 10.9. The van der Waals surface area contributed by atoms with Crippen molar-refractivity contribution in [3.8, 4) is 0 Å². The SMILES string of the molecule is CC(C)NC(N)=NC(CC1CCOCC1)c1ccccc1.I. The van der Waals surface area contributed by atoms with E-state index in [-0.39, 0.29) is 30.0 Å². The van der Waals surface area contributed by atoms with E-state index in [4.69, 9.17) is 15.5 Å². The molecule has 1 fully saturated rings. The van der Waals surface area contributed by atoms with Crippen LogP contribution in [-0.4, -0.2) is 25.2 Å². The minimum Gasteiger partial charge on any atom is -0.381 e. The minimum atomic E-state index is 0. The fraction of sp³-hybridized carbons (Fsp3) is 0.588. The highest BCUT2D eigenvalue weighted by atomic mass is 127. The Morgan fingerprint density at radius 1 is 1.27 bits per heavy atom. The van der Waals surface area contributed by atoms with Crippen LogP contribution in [0.5, 0.6) is 0 Å². The van der Waals surface area contributed by atoms with Gasteiger partial charge in [0.05, 0.1) is 6.04 Å². The molecule has 5 heteroatoms. The van der Waals surface area contributed by atoms with Gasteiger partial charge in [-0.1, -0.05) is 30.3 Å². The van der Waals surface area contributed by atoms with Crippen molar-refractivity contribution < 1.29 is 4.74 Å². The lowest BCUT2D eigenvalue weighted by molar-refractivity contribution is 0.0619. The number of nitrogens with zero attached hydrogens (tertiary/aromatic N) is 1. The van der Waals surface area contributed by atoms with Crippen LogP contribution in [0.3, 0.4) is 0 Å². The maximum atomic E-state index is 6.03. The van der Waals surface area contributed by atoms with Crippen LogP contribution < -0.4 is 11.1 Å².